The highest BCUT2D eigenvalue weighted by Gasteiger charge is 2.40. The maximum Gasteiger partial charge on any atom is 0.408 e. The first-order valence-electron chi connectivity index (χ1n) is 6.66. The lowest BCUT2D eigenvalue weighted by atomic mass is 10.00. The summed E-state index contributed by atoms with van der Waals surface area (Å²) in [5.74, 6) is -1.70. The van der Waals surface area contributed by atoms with Gasteiger partial charge in [0.1, 0.15) is 11.4 Å². The first-order chi connectivity index (χ1) is 10.5. The molecule has 1 unspecified atom stereocenters. The first kappa shape index (κ1) is 18.2. The van der Waals surface area contributed by atoms with Gasteiger partial charge >= 0.3 is 12.1 Å². The quantitative estimate of drug-likeness (QED) is 0.552. The molecule has 1 aromatic rings. The van der Waals surface area contributed by atoms with Gasteiger partial charge in [-0.1, -0.05) is 0 Å². The van der Waals surface area contributed by atoms with Crippen molar-refractivity contribution in [3.63, 3.8) is 0 Å². The van der Waals surface area contributed by atoms with Crippen LogP contribution >= 0.6 is 0 Å². The number of carboxylic acid groups (broad SMARTS) is 1. The lowest BCUT2D eigenvalue weighted by Gasteiger charge is -2.23. The predicted molar refractivity (Wildman–Crippen MR) is 78.6 cm³/mol. The van der Waals surface area contributed by atoms with Crippen LogP contribution in [0.2, 0.25) is 0 Å². The number of carboxylic acids is 1. The van der Waals surface area contributed by atoms with Crippen LogP contribution in [0.1, 0.15) is 32.4 Å². The van der Waals surface area contributed by atoms with Crippen LogP contribution in [0.25, 0.3) is 0 Å². The van der Waals surface area contributed by atoms with Crippen molar-refractivity contribution in [3.05, 3.63) is 39.9 Å². The zero-order valence-electron chi connectivity index (χ0n) is 12.8. The fourth-order valence-electron chi connectivity index (χ4n) is 1.82. The van der Waals surface area contributed by atoms with Crippen molar-refractivity contribution in [2.24, 2.45) is 0 Å². The number of nitrogens with zero attached hydrogens (tertiary/aromatic N) is 1. The van der Waals surface area contributed by atoms with Crippen LogP contribution in [0, 0.1) is 10.1 Å². The van der Waals surface area contributed by atoms with Gasteiger partial charge in [0, 0.05) is 10.5 Å². The molecule has 0 radical (unpaired) electrons. The molecule has 126 valence electrons. The number of hydrogen-bond acceptors (Lipinski definition) is 6. The average Bonchev–Trinajstić information content (AvgIpc) is 2.37. The molecule has 23 heavy (non-hydrogen) atoms. The van der Waals surface area contributed by atoms with Crippen LogP contribution in [-0.4, -0.2) is 38.8 Å². The molecule has 0 saturated carbocycles. The number of nitrogens with one attached hydrogen (secondary N) is 1. The summed E-state index contributed by atoms with van der Waals surface area (Å²) in [5.41, 5.74) is -0.855. The van der Waals surface area contributed by atoms with E-state index in [2.05, 4.69) is 0 Å². The Morgan fingerprint density at radius 2 is 1.78 bits per heavy atom. The summed E-state index contributed by atoms with van der Waals surface area (Å²) in [6, 6.07) is 1.26. The Morgan fingerprint density at radius 1 is 1.26 bits per heavy atom. The van der Waals surface area contributed by atoms with Gasteiger partial charge in [0.05, 0.1) is 0 Å². The molecule has 0 saturated heterocycles. The zero-order chi connectivity index (χ0) is 17.8. The van der Waals surface area contributed by atoms with Crippen LogP contribution in [0.3, 0.4) is 0 Å². The molecule has 0 aromatic heterocycles. The third-order valence-electron chi connectivity index (χ3n) is 2.72. The topological polar surface area (TPSA) is 139 Å². The SMILES string of the molecule is CC(C)(C)OC(=O)N[C@H](C(=O)O)C(c1ccc(O)cc1)[N+](=O)[O-]. The number of carbonyl (C=O) groups excluding carboxylic acids is 1. The van der Waals surface area contributed by atoms with Crippen LogP contribution in [-0.2, 0) is 9.53 Å². The van der Waals surface area contributed by atoms with E-state index in [1.165, 1.54) is 24.3 Å². The molecule has 0 aliphatic carbocycles. The van der Waals surface area contributed by atoms with Crippen molar-refractivity contribution in [1.29, 1.82) is 0 Å². The van der Waals surface area contributed by atoms with E-state index in [-0.39, 0.29) is 11.3 Å². The molecule has 1 amide bonds. The largest absolute Gasteiger partial charge is 0.508 e. The summed E-state index contributed by atoms with van der Waals surface area (Å²) in [6.07, 6.45) is -1.07. The van der Waals surface area contributed by atoms with Crippen molar-refractivity contribution in [3.8, 4) is 5.75 Å². The number of benzene rings is 1. The number of phenolic OH excluding ortho intramolecular Hbond substituents is 1. The van der Waals surface area contributed by atoms with Gasteiger partial charge in [-0.05, 0) is 45.0 Å². The molecule has 0 bridgehead atoms. The highest BCUT2D eigenvalue weighted by molar-refractivity contribution is 5.80. The van der Waals surface area contributed by atoms with E-state index in [0.29, 0.717) is 0 Å². The van der Waals surface area contributed by atoms with Crippen LogP contribution in [0.15, 0.2) is 24.3 Å². The highest BCUT2D eigenvalue weighted by Crippen LogP contribution is 2.23. The van der Waals surface area contributed by atoms with Gasteiger partial charge in [-0.2, -0.15) is 0 Å². The normalized spacial score (nSPS) is 13.7. The van der Waals surface area contributed by atoms with Gasteiger partial charge in [-0.15, -0.1) is 0 Å². The Morgan fingerprint density at radius 3 is 2.17 bits per heavy atom. The minimum atomic E-state index is -1.83. The molecule has 0 spiro atoms. The second-order valence-electron chi connectivity index (χ2n) is 5.78. The standard InChI is InChI=1S/C14H18N2O7/c1-14(2,3)23-13(20)15-10(12(18)19)11(16(21)22)8-4-6-9(17)7-5-8/h4-7,10-11,17H,1-3H3,(H,15,20)(H,18,19)/t10-,11?/m0/s1. The summed E-state index contributed by atoms with van der Waals surface area (Å²) in [7, 11) is 0. The number of nitro groups is 1. The molecule has 0 heterocycles. The summed E-state index contributed by atoms with van der Waals surface area (Å²) in [5, 5.41) is 31.7. The van der Waals surface area contributed by atoms with Crippen molar-refractivity contribution in [2.75, 3.05) is 0 Å². The number of aromatic hydroxyl groups is 1. The summed E-state index contributed by atoms with van der Waals surface area (Å²) in [6.45, 7) is 4.73. The number of aliphatic carboxylic acids is 1. The number of rotatable bonds is 5. The second-order valence-corrected chi connectivity index (χ2v) is 5.78. The maximum absolute atomic E-state index is 11.7. The summed E-state index contributed by atoms with van der Waals surface area (Å²) < 4.78 is 4.93. The number of hydrogen-bond donors (Lipinski definition) is 3. The number of alkyl carbamates (subject to hydrolysis) is 1. The zero-order valence-corrected chi connectivity index (χ0v) is 12.8. The smallest absolute Gasteiger partial charge is 0.408 e. The lowest BCUT2D eigenvalue weighted by molar-refractivity contribution is -0.531. The average molecular weight is 326 g/mol. The Hall–Kier alpha value is -2.84. The molecule has 0 fully saturated rings. The van der Waals surface area contributed by atoms with Crippen LogP contribution in [0.5, 0.6) is 5.75 Å². The minimum Gasteiger partial charge on any atom is -0.508 e. The highest BCUT2D eigenvalue weighted by atomic mass is 16.6. The molecule has 1 aromatic carbocycles. The van der Waals surface area contributed by atoms with Crippen LogP contribution < -0.4 is 5.32 Å². The molecule has 1 rings (SSSR count). The fraction of sp³-hybridized carbons (Fsp3) is 0.429. The van der Waals surface area contributed by atoms with E-state index < -0.39 is 34.7 Å². The van der Waals surface area contributed by atoms with Crippen molar-refractivity contribution in [1.82, 2.24) is 5.32 Å². The number of ether oxygens (including phenoxy) is 1. The van der Waals surface area contributed by atoms with E-state index in [9.17, 15) is 29.9 Å². The Balaban J connectivity index is 3.08. The van der Waals surface area contributed by atoms with Gasteiger partial charge in [-0.3, -0.25) is 10.1 Å². The number of amides is 1. The molecule has 9 nitrogen and oxygen atoms in total. The molecular formula is C14H18N2O7. The first-order valence-corrected chi connectivity index (χ1v) is 6.66. The monoisotopic (exact) mass is 326 g/mol. The van der Waals surface area contributed by atoms with E-state index in [4.69, 9.17) is 4.74 Å². The minimum absolute atomic E-state index is 0.0243. The Labute approximate surface area is 132 Å². The summed E-state index contributed by atoms with van der Waals surface area (Å²) >= 11 is 0. The van der Waals surface area contributed by atoms with E-state index in [0.717, 1.165) is 0 Å². The second kappa shape index (κ2) is 6.95. The van der Waals surface area contributed by atoms with Gasteiger partial charge in [0.15, 0.2) is 0 Å². The Bertz CT molecular complexity index is 592. The maximum atomic E-state index is 11.7. The van der Waals surface area contributed by atoms with E-state index in [1.54, 1.807) is 20.8 Å². The number of carbonyl (C=O) groups is 2. The third kappa shape index (κ3) is 5.46. The predicted octanol–water partition coefficient (Wildman–Crippen LogP) is 1.69. The van der Waals surface area contributed by atoms with Gasteiger partial charge in [-0.25, -0.2) is 9.59 Å². The van der Waals surface area contributed by atoms with Gasteiger partial charge in [0.2, 0.25) is 6.04 Å². The molecule has 0 aliphatic rings. The summed E-state index contributed by atoms with van der Waals surface area (Å²) in [4.78, 5) is 33.6. The lowest BCUT2D eigenvalue weighted by Crippen LogP contribution is -2.48. The van der Waals surface area contributed by atoms with Crippen molar-refractivity contribution < 1.29 is 29.5 Å². The Kier molecular flexibility index (Phi) is 5.50. The van der Waals surface area contributed by atoms with Crippen molar-refractivity contribution in [2.45, 2.75) is 38.5 Å². The molecule has 0 aliphatic heterocycles. The molecule has 3 N–H and O–H groups in total. The van der Waals surface area contributed by atoms with Gasteiger partial charge < -0.3 is 20.3 Å². The molecule has 2 atom stereocenters. The van der Waals surface area contributed by atoms with Crippen molar-refractivity contribution >= 4 is 12.1 Å². The molecular weight excluding hydrogens is 308 g/mol. The van der Waals surface area contributed by atoms with E-state index in [1.807, 2.05) is 5.32 Å². The molecule has 9 heteroatoms. The third-order valence-corrected chi connectivity index (χ3v) is 2.72. The van der Waals surface area contributed by atoms with Crippen LogP contribution in [0.4, 0.5) is 4.79 Å². The van der Waals surface area contributed by atoms with Gasteiger partial charge in [0.25, 0.3) is 6.04 Å². The number of phenols is 1. The fourth-order valence-corrected chi connectivity index (χ4v) is 1.82. The van der Waals surface area contributed by atoms with E-state index >= 15 is 0 Å².